The molecule has 7 heteroatoms. The summed E-state index contributed by atoms with van der Waals surface area (Å²) in [6.45, 7) is 5.18. The van der Waals surface area contributed by atoms with E-state index < -0.39 is 11.9 Å². The van der Waals surface area contributed by atoms with Crippen LogP contribution in [0.15, 0.2) is 18.2 Å². The third kappa shape index (κ3) is 4.12. The van der Waals surface area contributed by atoms with Gasteiger partial charge in [0.1, 0.15) is 0 Å². The fourth-order valence-corrected chi connectivity index (χ4v) is 2.39. The Labute approximate surface area is 134 Å². The van der Waals surface area contributed by atoms with Crippen molar-refractivity contribution in [2.75, 3.05) is 33.3 Å². The van der Waals surface area contributed by atoms with Crippen LogP contribution in [0.2, 0.25) is 0 Å². The van der Waals surface area contributed by atoms with Gasteiger partial charge in [-0.15, -0.1) is 0 Å². The fourth-order valence-electron chi connectivity index (χ4n) is 2.39. The predicted molar refractivity (Wildman–Crippen MR) is 82.0 cm³/mol. The Morgan fingerprint density at radius 3 is 2.26 bits per heavy atom. The van der Waals surface area contributed by atoms with E-state index in [0.29, 0.717) is 26.2 Å². The number of hydrogen-bond donors (Lipinski definition) is 0. The van der Waals surface area contributed by atoms with E-state index in [2.05, 4.69) is 4.74 Å². The van der Waals surface area contributed by atoms with Crippen LogP contribution in [0.25, 0.3) is 0 Å². The molecule has 2 rings (SSSR count). The van der Waals surface area contributed by atoms with Gasteiger partial charge in [-0.25, -0.2) is 9.18 Å². The van der Waals surface area contributed by atoms with Crippen LogP contribution in [-0.2, 0) is 4.74 Å². The SMILES string of the molecule is COC(=O)N1CCN(C(=O)c2ccc(OC(C)C)c(F)c2)CC1. The predicted octanol–water partition coefficient (Wildman–Crippen LogP) is 2.14. The molecule has 1 aromatic carbocycles. The molecule has 1 aromatic rings. The van der Waals surface area contributed by atoms with Gasteiger partial charge in [0.15, 0.2) is 11.6 Å². The summed E-state index contributed by atoms with van der Waals surface area (Å²) < 4.78 is 24.0. The van der Waals surface area contributed by atoms with Crippen LogP contribution in [0.4, 0.5) is 9.18 Å². The van der Waals surface area contributed by atoms with Crippen LogP contribution >= 0.6 is 0 Å². The first-order valence-electron chi connectivity index (χ1n) is 7.50. The fraction of sp³-hybridized carbons (Fsp3) is 0.500. The van der Waals surface area contributed by atoms with E-state index in [-0.39, 0.29) is 23.3 Å². The molecular weight excluding hydrogens is 303 g/mol. The lowest BCUT2D eigenvalue weighted by Crippen LogP contribution is -2.50. The average molecular weight is 324 g/mol. The molecule has 6 nitrogen and oxygen atoms in total. The summed E-state index contributed by atoms with van der Waals surface area (Å²) >= 11 is 0. The Morgan fingerprint density at radius 2 is 1.74 bits per heavy atom. The molecule has 1 aliphatic heterocycles. The van der Waals surface area contributed by atoms with E-state index >= 15 is 0 Å². The van der Waals surface area contributed by atoms with Gasteiger partial charge in [-0.05, 0) is 32.0 Å². The van der Waals surface area contributed by atoms with Crippen LogP contribution in [0, 0.1) is 5.82 Å². The zero-order valence-electron chi connectivity index (χ0n) is 13.5. The Morgan fingerprint density at radius 1 is 1.13 bits per heavy atom. The summed E-state index contributed by atoms with van der Waals surface area (Å²) in [5.74, 6) is -0.686. The van der Waals surface area contributed by atoms with E-state index in [4.69, 9.17) is 4.74 Å². The van der Waals surface area contributed by atoms with Crippen LogP contribution in [0.5, 0.6) is 5.75 Å². The largest absolute Gasteiger partial charge is 0.488 e. The summed E-state index contributed by atoms with van der Waals surface area (Å²) in [6.07, 6.45) is -0.546. The number of benzene rings is 1. The zero-order chi connectivity index (χ0) is 17.0. The van der Waals surface area contributed by atoms with Gasteiger partial charge >= 0.3 is 6.09 Å². The molecule has 1 aliphatic rings. The van der Waals surface area contributed by atoms with Gasteiger partial charge in [-0.1, -0.05) is 0 Å². The minimum atomic E-state index is -0.558. The summed E-state index contributed by atoms with van der Waals surface area (Å²) in [7, 11) is 1.32. The van der Waals surface area contributed by atoms with Crippen molar-refractivity contribution in [3.63, 3.8) is 0 Å². The molecule has 1 heterocycles. The van der Waals surface area contributed by atoms with E-state index in [1.165, 1.54) is 24.1 Å². The van der Waals surface area contributed by atoms with Crippen molar-refractivity contribution < 1.29 is 23.5 Å². The first-order chi connectivity index (χ1) is 10.9. The number of halogens is 1. The van der Waals surface area contributed by atoms with Crippen molar-refractivity contribution in [1.82, 2.24) is 9.80 Å². The third-order valence-corrected chi connectivity index (χ3v) is 3.54. The molecule has 0 bridgehead atoms. The van der Waals surface area contributed by atoms with E-state index in [0.717, 1.165) is 0 Å². The number of hydrogen-bond acceptors (Lipinski definition) is 4. The van der Waals surface area contributed by atoms with Gasteiger partial charge in [0.2, 0.25) is 0 Å². The average Bonchev–Trinajstić information content (AvgIpc) is 2.55. The molecule has 0 aliphatic carbocycles. The highest BCUT2D eigenvalue weighted by atomic mass is 19.1. The smallest absolute Gasteiger partial charge is 0.409 e. The second-order valence-corrected chi connectivity index (χ2v) is 5.56. The Hall–Kier alpha value is -2.31. The lowest BCUT2D eigenvalue weighted by molar-refractivity contribution is 0.0599. The zero-order valence-corrected chi connectivity index (χ0v) is 13.5. The Balaban J connectivity index is 2.01. The van der Waals surface area contributed by atoms with Gasteiger partial charge < -0.3 is 19.3 Å². The van der Waals surface area contributed by atoms with Crippen molar-refractivity contribution in [3.05, 3.63) is 29.6 Å². The molecule has 23 heavy (non-hydrogen) atoms. The maximum absolute atomic E-state index is 14.0. The molecular formula is C16H21FN2O4. The third-order valence-electron chi connectivity index (χ3n) is 3.54. The van der Waals surface area contributed by atoms with Gasteiger partial charge in [-0.2, -0.15) is 0 Å². The molecule has 1 saturated heterocycles. The van der Waals surface area contributed by atoms with Crippen molar-refractivity contribution in [3.8, 4) is 5.75 Å². The molecule has 0 N–H and O–H groups in total. The molecule has 0 unspecified atom stereocenters. The number of methoxy groups -OCH3 is 1. The molecule has 0 aromatic heterocycles. The number of nitrogens with zero attached hydrogens (tertiary/aromatic N) is 2. The van der Waals surface area contributed by atoms with Crippen molar-refractivity contribution >= 4 is 12.0 Å². The molecule has 0 saturated carbocycles. The van der Waals surface area contributed by atoms with E-state index in [1.54, 1.807) is 24.8 Å². The van der Waals surface area contributed by atoms with E-state index in [1.807, 2.05) is 0 Å². The minimum Gasteiger partial charge on any atom is -0.488 e. The molecule has 2 amide bonds. The summed E-state index contributed by atoms with van der Waals surface area (Å²) in [5.41, 5.74) is 0.269. The van der Waals surface area contributed by atoms with Gasteiger partial charge in [0.05, 0.1) is 13.2 Å². The number of amides is 2. The van der Waals surface area contributed by atoms with Crippen LogP contribution < -0.4 is 4.74 Å². The van der Waals surface area contributed by atoms with Crippen molar-refractivity contribution in [2.24, 2.45) is 0 Å². The number of carbonyl (C=O) groups is 2. The maximum Gasteiger partial charge on any atom is 0.409 e. The Kier molecular flexibility index (Phi) is 5.41. The van der Waals surface area contributed by atoms with Crippen LogP contribution in [0.1, 0.15) is 24.2 Å². The van der Waals surface area contributed by atoms with Crippen LogP contribution in [-0.4, -0.2) is 61.2 Å². The first-order valence-corrected chi connectivity index (χ1v) is 7.50. The monoisotopic (exact) mass is 324 g/mol. The van der Waals surface area contributed by atoms with Crippen LogP contribution in [0.3, 0.4) is 0 Å². The first kappa shape index (κ1) is 17.1. The highest BCUT2D eigenvalue weighted by Gasteiger charge is 2.25. The molecule has 126 valence electrons. The van der Waals surface area contributed by atoms with Gasteiger partial charge in [0, 0.05) is 31.7 Å². The standard InChI is InChI=1S/C16H21FN2O4/c1-11(2)23-14-5-4-12(10-13(14)17)15(20)18-6-8-19(9-7-18)16(21)22-3/h4-5,10-11H,6-9H2,1-3H3. The quantitative estimate of drug-likeness (QED) is 0.855. The topological polar surface area (TPSA) is 59.1 Å². The number of ether oxygens (including phenoxy) is 2. The minimum absolute atomic E-state index is 0.132. The summed E-state index contributed by atoms with van der Waals surface area (Å²) in [6, 6.07) is 4.20. The lowest BCUT2D eigenvalue weighted by atomic mass is 10.1. The van der Waals surface area contributed by atoms with E-state index in [9.17, 15) is 14.0 Å². The molecule has 0 spiro atoms. The van der Waals surface area contributed by atoms with Crippen molar-refractivity contribution in [1.29, 1.82) is 0 Å². The second kappa shape index (κ2) is 7.30. The normalized spacial score (nSPS) is 14.8. The molecule has 0 atom stereocenters. The number of rotatable bonds is 3. The lowest BCUT2D eigenvalue weighted by Gasteiger charge is -2.33. The molecule has 0 radical (unpaired) electrons. The highest BCUT2D eigenvalue weighted by molar-refractivity contribution is 5.94. The summed E-state index contributed by atoms with van der Waals surface area (Å²) in [4.78, 5) is 27.0. The summed E-state index contributed by atoms with van der Waals surface area (Å²) in [5, 5.41) is 0. The van der Waals surface area contributed by atoms with Crippen molar-refractivity contribution in [2.45, 2.75) is 20.0 Å². The highest BCUT2D eigenvalue weighted by Crippen LogP contribution is 2.21. The van der Waals surface area contributed by atoms with Gasteiger partial charge in [-0.3, -0.25) is 4.79 Å². The van der Waals surface area contributed by atoms with Gasteiger partial charge in [0.25, 0.3) is 5.91 Å². The number of carbonyl (C=O) groups excluding carboxylic acids is 2. The maximum atomic E-state index is 14.0. The molecule has 1 fully saturated rings. The second-order valence-electron chi connectivity index (χ2n) is 5.56. The Bertz CT molecular complexity index is 583. The number of piperazine rings is 1.